The van der Waals surface area contributed by atoms with Crippen molar-refractivity contribution in [3.8, 4) is 0 Å². The monoisotopic (exact) mass is 386 g/mol. The summed E-state index contributed by atoms with van der Waals surface area (Å²) >= 11 is 1.02. The summed E-state index contributed by atoms with van der Waals surface area (Å²) in [6.07, 6.45) is -4.46. The fourth-order valence-electron chi connectivity index (χ4n) is 2.41. The van der Waals surface area contributed by atoms with E-state index in [2.05, 4.69) is 10.3 Å². The zero-order valence-electron chi connectivity index (χ0n) is 13.0. The number of halogens is 5. The second kappa shape index (κ2) is 7.06. The SMILES string of the molecule is O=C(NC1=NCC(c2cccc(C(F)(F)F)c2)S1)c1c(F)cccc1F. The van der Waals surface area contributed by atoms with Crippen LogP contribution < -0.4 is 5.32 Å². The van der Waals surface area contributed by atoms with E-state index in [1.807, 2.05) is 0 Å². The van der Waals surface area contributed by atoms with E-state index in [9.17, 15) is 26.7 Å². The first kappa shape index (κ1) is 18.4. The van der Waals surface area contributed by atoms with Gasteiger partial charge < -0.3 is 5.32 Å². The molecule has 9 heteroatoms. The Bertz CT molecular complexity index is 861. The molecule has 26 heavy (non-hydrogen) atoms. The van der Waals surface area contributed by atoms with Crippen molar-refractivity contribution in [2.24, 2.45) is 4.99 Å². The molecule has 1 amide bonds. The van der Waals surface area contributed by atoms with E-state index in [0.717, 1.165) is 42.1 Å². The Hall–Kier alpha value is -2.42. The third-order valence-electron chi connectivity index (χ3n) is 3.65. The van der Waals surface area contributed by atoms with Gasteiger partial charge in [-0.1, -0.05) is 36.0 Å². The number of amides is 1. The molecule has 0 fully saturated rings. The lowest BCUT2D eigenvalue weighted by atomic mass is 10.1. The van der Waals surface area contributed by atoms with Crippen molar-refractivity contribution >= 4 is 22.8 Å². The number of hydrogen-bond acceptors (Lipinski definition) is 3. The molecule has 3 rings (SSSR count). The molecule has 0 spiro atoms. The van der Waals surface area contributed by atoms with Crippen LogP contribution in [0, 0.1) is 11.6 Å². The maximum absolute atomic E-state index is 13.6. The van der Waals surface area contributed by atoms with Crippen molar-refractivity contribution in [3.63, 3.8) is 0 Å². The standard InChI is InChI=1S/C17H11F5N2OS/c18-11-5-2-6-12(19)14(11)15(25)24-16-23-8-13(26-16)9-3-1-4-10(7-9)17(20,21)22/h1-7,13H,8H2,(H,23,24,25). The third-order valence-corrected chi connectivity index (χ3v) is 4.81. The van der Waals surface area contributed by atoms with Crippen LogP contribution in [0.2, 0.25) is 0 Å². The molecule has 1 N–H and O–H groups in total. The minimum Gasteiger partial charge on any atom is -0.301 e. The van der Waals surface area contributed by atoms with Gasteiger partial charge in [0, 0.05) is 0 Å². The highest BCUT2D eigenvalue weighted by Gasteiger charge is 2.32. The number of aliphatic imine (C=N–C) groups is 1. The average molecular weight is 386 g/mol. The molecular formula is C17H11F5N2OS. The molecule has 0 aromatic heterocycles. The summed E-state index contributed by atoms with van der Waals surface area (Å²) in [5.74, 6) is -3.03. The lowest BCUT2D eigenvalue weighted by molar-refractivity contribution is -0.137. The van der Waals surface area contributed by atoms with Crippen LogP contribution in [0.1, 0.15) is 26.7 Å². The molecule has 0 saturated carbocycles. The minimum absolute atomic E-state index is 0.0973. The minimum atomic E-state index is -4.46. The van der Waals surface area contributed by atoms with Gasteiger partial charge in [-0.25, -0.2) is 8.78 Å². The molecule has 1 atom stereocenters. The van der Waals surface area contributed by atoms with Crippen LogP contribution in [-0.4, -0.2) is 17.6 Å². The number of nitrogens with one attached hydrogen (secondary N) is 1. The van der Waals surface area contributed by atoms with E-state index < -0.39 is 40.1 Å². The molecule has 136 valence electrons. The predicted octanol–water partition coefficient (Wildman–Crippen LogP) is 4.56. The van der Waals surface area contributed by atoms with Crippen LogP contribution in [0.15, 0.2) is 47.5 Å². The van der Waals surface area contributed by atoms with Crippen molar-refractivity contribution in [1.29, 1.82) is 0 Å². The molecule has 2 aromatic carbocycles. The molecule has 1 aliphatic heterocycles. The lowest BCUT2D eigenvalue weighted by Gasteiger charge is -2.12. The Labute approximate surface area is 149 Å². The second-order valence-corrected chi connectivity index (χ2v) is 6.62. The number of carbonyl (C=O) groups excluding carboxylic acids is 1. The van der Waals surface area contributed by atoms with Crippen LogP contribution in [0.4, 0.5) is 22.0 Å². The molecule has 0 saturated heterocycles. The summed E-state index contributed by atoms with van der Waals surface area (Å²) in [6, 6.07) is 7.85. The van der Waals surface area contributed by atoms with Crippen molar-refractivity contribution in [1.82, 2.24) is 5.32 Å². The van der Waals surface area contributed by atoms with Gasteiger partial charge in [0.2, 0.25) is 0 Å². The average Bonchev–Trinajstić information content (AvgIpc) is 3.02. The number of hydrogen-bond donors (Lipinski definition) is 1. The fourth-order valence-corrected chi connectivity index (χ4v) is 3.41. The molecule has 1 aliphatic rings. The number of nitrogens with zero attached hydrogens (tertiary/aromatic N) is 1. The van der Waals surface area contributed by atoms with Gasteiger partial charge in [0.05, 0.1) is 17.4 Å². The quantitative estimate of drug-likeness (QED) is 0.769. The maximum Gasteiger partial charge on any atom is 0.416 e. The van der Waals surface area contributed by atoms with Crippen LogP contribution in [0.25, 0.3) is 0 Å². The van der Waals surface area contributed by atoms with E-state index in [1.165, 1.54) is 12.1 Å². The molecular weight excluding hydrogens is 375 g/mol. The molecule has 3 nitrogen and oxygen atoms in total. The van der Waals surface area contributed by atoms with Gasteiger partial charge in [-0.3, -0.25) is 9.79 Å². The zero-order chi connectivity index (χ0) is 18.9. The first-order valence-corrected chi connectivity index (χ1v) is 8.27. The smallest absolute Gasteiger partial charge is 0.301 e. The highest BCUT2D eigenvalue weighted by Crippen LogP contribution is 2.37. The Morgan fingerprint density at radius 3 is 2.42 bits per heavy atom. The number of benzene rings is 2. The maximum atomic E-state index is 13.6. The van der Waals surface area contributed by atoms with Crippen molar-refractivity contribution in [2.75, 3.05) is 6.54 Å². The van der Waals surface area contributed by atoms with Gasteiger partial charge >= 0.3 is 6.18 Å². The Morgan fingerprint density at radius 2 is 1.77 bits per heavy atom. The number of thioether (sulfide) groups is 1. The number of carbonyl (C=O) groups is 1. The molecule has 2 aromatic rings. The predicted molar refractivity (Wildman–Crippen MR) is 87.9 cm³/mol. The van der Waals surface area contributed by atoms with Crippen LogP contribution >= 0.6 is 11.8 Å². The van der Waals surface area contributed by atoms with Gasteiger partial charge in [0.1, 0.15) is 17.2 Å². The summed E-state index contributed by atoms with van der Waals surface area (Å²) in [6.45, 7) is 0.140. The van der Waals surface area contributed by atoms with E-state index >= 15 is 0 Å². The number of alkyl halides is 3. The van der Waals surface area contributed by atoms with E-state index in [4.69, 9.17) is 0 Å². The van der Waals surface area contributed by atoms with Crippen LogP contribution in [0.5, 0.6) is 0 Å². The Kier molecular flexibility index (Phi) is 4.99. The Morgan fingerprint density at radius 1 is 1.12 bits per heavy atom. The van der Waals surface area contributed by atoms with Crippen molar-refractivity contribution in [2.45, 2.75) is 11.4 Å². The van der Waals surface area contributed by atoms with Gasteiger partial charge in [-0.2, -0.15) is 13.2 Å². The van der Waals surface area contributed by atoms with Crippen LogP contribution in [-0.2, 0) is 6.18 Å². The summed E-state index contributed by atoms with van der Waals surface area (Å²) in [5, 5.41) is 1.96. The zero-order valence-corrected chi connectivity index (χ0v) is 13.8. The van der Waals surface area contributed by atoms with Crippen molar-refractivity contribution in [3.05, 3.63) is 70.8 Å². The molecule has 1 unspecified atom stereocenters. The summed E-state index contributed by atoms with van der Waals surface area (Å²) < 4.78 is 65.6. The molecule has 0 aliphatic carbocycles. The van der Waals surface area contributed by atoms with E-state index in [0.29, 0.717) is 5.56 Å². The number of amidine groups is 1. The topological polar surface area (TPSA) is 41.5 Å². The fraction of sp³-hybridized carbons (Fsp3) is 0.176. The van der Waals surface area contributed by atoms with Crippen molar-refractivity contribution < 1.29 is 26.7 Å². The van der Waals surface area contributed by atoms with Gasteiger partial charge in [-0.05, 0) is 23.8 Å². The van der Waals surface area contributed by atoms with Gasteiger partial charge in [-0.15, -0.1) is 0 Å². The molecule has 1 heterocycles. The highest BCUT2D eigenvalue weighted by molar-refractivity contribution is 8.14. The van der Waals surface area contributed by atoms with E-state index in [1.54, 1.807) is 0 Å². The molecule has 0 bridgehead atoms. The normalized spacial score (nSPS) is 17.1. The molecule has 0 radical (unpaired) electrons. The largest absolute Gasteiger partial charge is 0.416 e. The first-order chi connectivity index (χ1) is 12.3. The summed E-state index contributed by atoms with van der Waals surface area (Å²) in [5.41, 5.74) is -1.12. The van der Waals surface area contributed by atoms with E-state index in [-0.39, 0.29) is 11.7 Å². The number of rotatable bonds is 2. The van der Waals surface area contributed by atoms with Crippen LogP contribution in [0.3, 0.4) is 0 Å². The van der Waals surface area contributed by atoms with Gasteiger partial charge in [0.15, 0.2) is 5.17 Å². The summed E-state index contributed by atoms with van der Waals surface area (Å²) in [7, 11) is 0. The summed E-state index contributed by atoms with van der Waals surface area (Å²) in [4.78, 5) is 16.1. The second-order valence-electron chi connectivity index (χ2n) is 5.43. The van der Waals surface area contributed by atoms with Gasteiger partial charge in [0.25, 0.3) is 5.91 Å². The first-order valence-electron chi connectivity index (χ1n) is 7.39. The lowest BCUT2D eigenvalue weighted by Crippen LogP contribution is -2.29. The highest BCUT2D eigenvalue weighted by atomic mass is 32.2. The third kappa shape index (κ3) is 3.87. The Balaban J connectivity index is 1.70.